The molecule has 3 saturated carbocycles. The number of ketones is 2. The van der Waals surface area contributed by atoms with E-state index < -0.39 is 52.7 Å². The van der Waals surface area contributed by atoms with Gasteiger partial charge in [0.1, 0.15) is 6.61 Å². The number of carboxylic acid groups (broad SMARTS) is 1. The van der Waals surface area contributed by atoms with E-state index in [9.17, 15) is 29.7 Å². The van der Waals surface area contributed by atoms with E-state index in [0.717, 1.165) is 0 Å². The van der Waals surface area contributed by atoms with Gasteiger partial charge in [-0.2, -0.15) is 0 Å². The van der Waals surface area contributed by atoms with Crippen molar-refractivity contribution >= 4 is 17.7 Å². The van der Waals surface area contributed by atoms with Crippen LogP contribution in [0.3, 0.4) is 0 Å². The van der Waals surface area contributed by atoms with Crippen LogP contribution in [0.1, 0.15) is 66.7 Å². The minimum atomic E-state index is -1.99. The van der Waals surface area contributed by atoms with Crippen molar-refractivity contribution in [1.82, 2.24) is 5.32 Å². The molecule has 1 amide bonds. The molecule has 0 saturated heterocycles. The Morgan fingerprint density at radius 3 is 2.53 bits per heavy atom. The number of allylic oxidation sites excluding steroid dienone is 4. The quantitative estimate of drug-likeness (QED) is 0.435. The molecule has 0 aromatic rings. The number of hydrogen-bond acceptors (Lipinski definition) is 5. The van der Waals surface area contributed by atoms with Crippen LogP contribution < -0.4 is 5.32 Å². The molecule has 8 heteroatoms. The van der Waals surface area contributed by atoms with Crippen LogP contribution in [0, 0.1) is 39.9 Å². The van der Waals surface area contributed by atoms with Crippen molar-refractivity contribution in [3.8, 4) is 0 Å². The molecule has 10 atom stereocenters. The molecular weight excluding hydrogens is 465 g/mol. The molecule has 4 aliphatic rings. The Bertz CT molecular complexity index is 1030. The summed E-state index contributed by atoms with van der Waals surface area (Å²) in [4.78, 5) is 36.9. The van der Waals surface area contributed by atoms with Crippen molar-refractivity contribution in [3.63, 3.8) is 0 Å². The number of hydrogen-bond donors (Lipinski definition) is 4. The Balaban J connectivity index is 1.79. The lowest BCUT2D eigenvalue weighted by Crippen LogP contribution is -2.68. The smallest absolute Gasteiger partial charge is 0.404 e. The van der Waals surface area contributed by atoms with Gasteiger partial charge in [-0.05, 0) is 81.3 Å². The number of alkyl halides is 1. The summed E-state index contributed by atoms with van der Waals surface area (Å²) >= 11 is 0. The van der Waals surface area contributed by atoms with Gasteiger partial charge in [0.2, 0.25) is 0 Å². The number of carbonyl (C=O) groups excluding carboxylic acids is 2. The fourth-order valence-corrected chi connectivity index (χ4v) is 8.96. The lowest BCUT2D eigenvalue weighted by Gasteiger charge is -2.63. The van der Waals surface area contributed by atoms with E-state index in [1.807, 2.05) is 20.8 Å². The summed E-state index contributed by atoms with van der Waals surface area (Å²) in [6.07, 6.45) is 4.00. The molecule has 0 heterocycles. The summed E-state index contributed by atoms with van der Waals surface area (Å²) in [7, 11) is 0. The lowest BCUT2D eigenvalue weighted by molar-refractivity contribution is -0.209. The van der Waals surface area contributed by atoms with Gasteiger partial charge < -0.3 is 20.6 Å². The Hall–Kier alpha value is -2.06. The minimum absolute atomic E-state index is 0.0544. The van der Waals surface area contributed by atoms with Gasteiger partial charge in [0.25, 0.3) is 0 Å². The summed E-state index contributed by atoms with van der Waals surface area (Å²) in [6.45, 7) is 8.69. The SMILES string of the molecule is CC(C[C@@]1(C(=O)CO)[C@@H](C)CC2C3CCC4=CC(=O)C=C[C@]4(C)C3(F)[C@@H](O)C[C@@]21C)C(C)NC(=O)O. The summed E-state index contributed by atoms with van der Waals surface area (Å²) in [5, 5.41) is 33.4. The molecule has 0 bridgehead atoms. The van der Waals surface area contributed by atoms with Crippen LogP contribution >= 0.6 is 0 Å². The van der Waals surface area contributed by atoms with Crippen molar-refractivity contribution < 1.29 is 34.1 Å². The van der Waals surface area contributed by atoms with E-state index in [1.165, 1.54) is 12.2 Å². The zero-order valence-corrected chi connectivity index (χ0v) is 21.9. The van der Waals surface area contributed by atoms with Crippen LogP contribution in [0.15, 0.2) is 23.8 Å². The van der Waals surface area contributed by atoms with E-state index in [4.69, 9.17) is 0 Å². The van der Waals surface area contributed by atoms with Crippen LogP contribution in [0.5, 0.6) is 0 Å². The zero-order valence-electron chi connectivity index (χ0n) is 21.9. The summed E-state index contributed by atoms with van der Waals surface area (Å²) in [6, 6.07) is -0.430. The van der Waals surface area contributed by atoms with Gasteiger partial charge in [-0.25, -0.2) is 9.18 Å². The average Bonchev–Trinajstić information content (AvgIpc) is 3.01. The van der Waals surface area contributed by atoms with Gasteiger partial charge in [-0.3, -0.25) is 9.59 Å². The summed E-state index contributed by atoms with van der Waals surface area (Å²) in [5.41, 5.74) is -4.19. The number of halogens is 1. The highest BCUT2D eigenvalue weighted by Gasteiger charge is 2.75. The molecule has 4 N–H and O–H groups in total. The van der Waals surface area contributed by atoms with Gasteiger partial charge in [0.05, 0.1) is 6.10 Å². The molecule has 7 nitrogen and oxygen atoms in total. The molecule has 5 unspecified atom stereocenters. The predicted octanol–water partition coefficient (Wildman–Crippen LogP) is 3.83. The van der Waals surface area contributed by atoms with Crippen LogP contribution in [-0.4, -0.2) is 57.4 Å². The number of amides is 1. The highest BCUT2D eigenvalue weighted by molar-refractivity contribution is 6.01. The van der Waals surface area contributed by atoms with Crippen molar-refractivity contribution in [1.29, 1.82) is 0 Å². The maximum atomic E-state index is 17.4. The van der Waals surface area contributed by atoms with Crippen molar-refractivity contribution in [2.45, 2.75) is 84.5 Å². The lowest BCUT2D eigenvalue weighted by atomic mass is 9.42. The van der Waals surface area contributed by atoms with E-state index >= 15 is 4.39 Å². The first-order valence-corrected chi connectivity index (χ1v) is 13.1. The van der Waals surface area contributed by atoms with E-state index in [-0.39, 0.29) is 35.7 Å². The zero-order chi connectivity index (χ0) is 26.8. The highest BCUT2D eigenvalue weighted by atomic mass is 19.1. The number of fused-ring (bicyclic) bond motifs is 5. The van der Waals surface area contributed by atoms with E-state index in [2.05, 4.69) is 5.32 Å². The topological polar surface area (TPSA) is 124 Å². The molecule has 0 aromatic carbocycles. The van der Waals surface area contributed by atoms with Crippen molar-refractivity contribution in [2.75, 3.05) is 6.61 Å². The monoisotopic (exact) mass is 505 g/mol. The van der Waals surface area contributed by atoms with Crippen LogP contribution in [-0.2, 0) is 9.59 Å². The molecule has 200 valence electrons. The molecule has 0 radical (unpaired) electrons. The Labute approximate surface area is 212 Å². The molecular formula is C28H40FNO6. The highest BCUT2D eigenvalue weighted by Crippen LogP contribution is 2.74. The van der Waals surface area contributed by atoms with E-state index in [1.54, 1.807) is 19.9 Å². The third-order valence-corrected chi connectivity index (χ3v) is 11.0. The number of nitrogens with one attached hydrogen (secondary N) is 1. The molecule has 3 fully saturated rings. The second-order valence-electron chi connectivity index (χ2n) is 12.4. The first kappa shape index (κ1) is 27.0. The number of aliphatic hydroxyl groups is 2. The van der Waals surface area contributed by atoms with Gasteiger partial charge in [-0.1, -0.05) is 32.4 Å². The Morgan fingerprint density at radius 2 is 1.92 bits per heavy atom. The van der Waals surface area contributed by atoms with Crippen molar-refractivity contribution in [3.05, 3.63) is 23.8 Å². The molecule has 4 rings (SSSR count). The average molecular weight is 506 g/mol. The first-order chi connectivity index (χ1) is 16.7. The summed E-state index contributed by atoms with van der Waals surface area (Å²) < 4.78 is 17.4. The fraction of sp³-hybridized carbons (Fsp3) is 0.750. The summed E-state index contributed by atoms with van der Waals surface area (Å²) in [5.74, 6) is -1.63. The first-order valence-electron chi connectivity index (χ1n) is 13.1. The van der Waals surface area contributed by atoms with E-state index in [0.29, 0.717) is 31.3 Å². The number of rotatable bonds is 6. The number of aliphatic hydroxyl groups excluding tert-OH is 2. The number of carbonyl (C=O) groups is 3. The molecule has 4 aliphatic carbocycles. The van der Waals surface area contributed by atoms with Gasteiger partial charge in [0, 0.05) is 22.8 Å². The minimum Gasteiger partial charge on any atom is -0.465 e. The normalized spacial score (nSPS) is 45.1. The van der Waals surface area contributed by atoms with Crippen LogP contribution in [0.2, 0.25) is 0 Å². The predicted molar refractivity (Wildman–Crippen MR) is 132 cm³/mol. The van der Waals surface area contributed by atoms with Crippen LogP contribution in [0.25, 0.3) is 0 Å². The largest absolute Gasteiger partial charge is 0.465 e. The molecule has 0 aromatic heterocycles. The van der Waals surface area contributed by atoms with Crippen LogP contribution in [0.4, 0.5) is 9.18 Å². The third kappa shape index (κ3) is 3.39. The third-order valence-electron chi connectivity index (χ3n) is 11.0. The molecule has 0 aliphatic heterocycles. The fourth-order valence-electron chi connectivity index (χ4n) is 8.96. The maximum absolute atomic E-state index is 17.4. The Morgan fingerprint density at radius 1 is 1.25 bits per heavy atom. The van der Waals surface area contributed by atoms with Gasteiger partial charge >= 0.3 is 6.09 Å². The standard InChI is InChI=1S/C28H40FNO6/c1-15(17(3)30-24(35)36)12-27(23(34)14-31)16(2)10-21-20-7-6-18-11-19(32)8-9-25(18,4)28(20,29)22(33)13-26(21,27)5/h8-9,11,15-17,20-22,30-31,33H,6-7,10,12-14H2,1-5H3,(H,35,36)/t15?,16-,17?,20?,21?,22-,25-,26-,27-,28?/m0/s1. The molecule has 36 heavy (non-hydrogen) atoms. The number of Topliss-reactive ketones (excluding diaryl/α,β-unsaturated/α-hetero) is 1. The van der Waals surface area contributed by atoms with Crippen molar-refractivity contribution in [2.24, 2.45) is 39.9 Å². The van der Waals surface area contributed by atoms with Gasteiger partial charge in [-0.15, -0.1) is 0 Å². The molecule has 0 spiro atoms. The Kier molecular flexibility index (Phi) is 6.57. The van der Waals surface area contributed by atoms with Gasteiger partial charge in [0.15, 0.2) is 17.2 Å². The second kappa shape index (κ2) is 8.76. The second-order valence-corrected chi connectivity index (χ2v) is 12.4. The maximum Gasteiger partial charge on any atom is 0.404 e.